The molecule has 1 aromatic carbocycles. The molecule has 0 radical (unpaired) electrons. The van der Waals surface area contributed by atoms with Crippen molar-refractivity contribution in [3.05, 3.63) is 70.3 Å². The Hall–Kier alpha value is -3.40. The molecule has 4 aromatic rings. The number of benzene rings is 1. The first-order valence-corrected chi connectivity index (χ1v) is 9.66. The van der Waals surface area contributed by atoms with Crippen LogP contribution in [-0.4, -0.2) is 32.2 Å². The number of anilines is 1. The third kappa shape index (κ3) is 4.21. The largest absolute Gasteiger partial charge is 0.364 e. The van der Waals surface area contributed by atoms with E-state index in [4.69, 9.17) is 0 Å². The number of nitrogens with one attached hydrogen (secondary N) is 2. The van der Waals surface area contributed by atoms with Gasteiger partial charge in [0, 0.05) is 17.5 Å². The monoisotopic (exact) mass is 414 g/mol. The molecule has 2 N–H and O–H groups in total. The predicted octanol–water partition coefficient (Wildman–Crippen LogP) is 3.21. The smallest absolute Gasteiger partial charge is 0.254 e. The lowest BCUT2D eigenvalue weighted by molar-refractivity contribution is 0.0948. The number of hydrogen-bond donors (Lipinski definition) is 2. The van der Waals surface area contributed by atoms with E-state index in [2.05, 4.69) is 25.7 Å². The Morgan fingerprint density at radius 1 is 1.21 bits per heavy atom. The number of hydrogen-bond acceptors (Lipinski definition) is 6. The summed E-state index contributed by atoms with van der Waals surface area (Å²) >= 11 is 1.65. The molecule has 0 bridgehead atoms. The zero-order chi connectivity index (χ0) is 20.2. The van der Waals surface area contributed by atoms with E-state index >= 15 is 0 Å². The highest BCUT2D eigenvalue weighted by molar-refractivity contribution is 7.09. The molecule has 3 heterocycles. The van der Waals surface area contributed by atoms with Gasteiger partial charge in [-0.15, -0.1) is 11.3 Å². The zero-order valence-electron chi connectivity index (χ0n) is 15.1. The molecular formula is C19H16F2N6OS. The first kappa shape index (κ1) is 18.9. The van der Waals surface area contributed by atoms with Crippen LogP contribution in [0.2, 0.25) is 0 Å². The van der Waals surface area contributed by atoms with Gasteiger partial charge in [0.25, 0.3) is 5.91 Å². The van der Waals surface area contributed by atoms with E-state index in [0.717, 1.165) is 17.5 Å². The first-order chi connectivity index (χ1) is 14.1. The molecule has 0 aliphatic carbocycles. The summed E-state index contributed by atoms with van der Waals surface area (Å²) in [4.78, 5) is 21.8. The van der Waals surface area contributed by atoms with Gasteiger partial charge in [-0.05, 0) is 23.6 Å². The predicted molar refractivity (Wildman–Crippen MR) is 106 cm³/mol. The summed E-state index contributed by atoms with van der Waals surface area (Å²) in [7, 11) is 0. The number of fused-ring (bicyclic) bond motifs is 1. The molecule has 7 nitrogen and oxygen atoms in total. The van der Waals surface area contributed by atoms with Crippen molar-refractivity contribution >= 4 is 34.1 Å². The Morgan fingerprint density at radius 3 is 2.90 bits per heavy atom. The topological polar surface area (TPSA) is 84.7 Å². The highest BCUT2D eigenvalue weighted by atomic mass is 32.1. The number of carbonyl (C=O) groups excluding carboxylic acids is 1. The van der Waals surface area contributed by atoms with Gasteiger partial charge in [0.15, 0.2) is 5.65 Å². The van der Waals surface area contributed by atoms with Crippen LogP contribution in [0.5, 0.6) is 0 Å². The number of thiophene rings is 1. The number of rotatable bonds is 7. The van der Waals surface area contributed by atoms with Crippen LogP contribution in [0.1, 0.15) is 15.2 Å². The van der Waals surface area contributed by atoms with Crippen LogP contribution < -0.4 is 10.6 Å². The molecular weight excluding hydrogens is 398 g/mol. The fourth-order valence-electron chi connectivity index (χ4n) is 2.83. The number of amides is 1. The third-order valence-electron chi connectivity index (χ3n) is 4.23. The second-order valence-electron chi connectivity index (χ2n) is 6.14. The third-order valence-corrected chi connectivity index (χ3v) is 5.11. The van der Waals surface area contributed by atoms with Gasteiger partial charge in [-0.2, -0.15) is 5.10 Å². The van der Waals surface area contributed by atoms with Gasteiger partial charge in [0.05, 0.1) is 30.2 Å². The maximum absolute atomic E-state index is 13.7. The van der Waals surface area contributed by atoms with E-state index in [0.29, 0.717) is 30.6 Å². The second kappa shape index (κ2) is 8.31. The summed E-state index contributed by atoms with van der Waals surface area (Å²) in [6.45, 7) is 1.18. The Morgan fingerprint density at radius 2 is 2.10 bits per heavy atom. The van der Waals surface area contributed by atoms with Crippen LogP contribution in [0.15, 0.2) is 48.2 Å². The van der Waals surface area contributed by atoms with Crippen LogP contribution in [0.3, 0.4) is 0 Å². The summed E-state index contributed by atoms with van der Waals surface area (Å²) in [6.07, 6.45) is 3.11. The van der Waals surface area contributed by atoms with E-state index in [-0.39, 0.29) is 12.1 Å². The van der Waals surface area contributed by atoms with Crippen molar-refractivity contribution in [3.8, 4) is 0 Å². The van der Waals surface area contributed by atoms with Crippen molar-refractivity contribution in [2.75, 3.05) is 11.9 Å². The molecule has 0 fully saturated rings. The van der Waals surface area contributed by atoms with Gasteiger partial charge < -0.3 is 10.6 Å². The minimum atomic E-state index is -0.902. The lowest BCUT2D eigenvalue weighted by Crippen LogP contribution is -2.28. The lowest BCUT2D eigenvalue weighted by atomic mass is 10.2. The summed E-state index contributed by atoms with van der Waals surface area (Å²) in [6, 6.07) is 6.85. The van der Waals surface area contributed by atoms with Crippen molar-refractivity contribution in [1.29, 1.82) is 0 Å². The SMILES string of the molecule is O=C(NCCn1ncc2c(NCc3cccs3)ncnc21)c1ccc(F)cc1F. The Balaban J connectivity index is 1.41. The fourth-order valence-corrected chi connectivity index (χ4v) is 3.47. The second-order valence-corrected chi connectivity index (χ2v) is 7.17. The highest BCUT2D eigenvalue weighted by Gasteiger charge is 2.13. The molecule has 0 atom stereocenters. The quantitative estimate of drug-likeness (QED) is 0.485. The average Bonchev–Trinajstić information content (AvgIpc) is 3.36. The van der Waals surface area contributed by atoms with Gasteiger partial charge in [0.1, 0.15) is 23.8 Å². The molecule has 148 valence electrons. The number of carbonyl (C=O) groups is 1. The number of nitrogens with zero attached hydrogens (tertiary/aromatic N) is 4. The molecule has 0 saturated carbocycles. The molecule has 4 rings (SSSR count). The normalized spacial score (nSPS) is 11.0. The summed E-state index contributed by atoms with van der Waals surface area (Å²) < 4.78 is 28.3. The molecule has 0 aliphatic rings. The molecule has 10 heteroatoms. The maximum atomic E-state index is 13.7. The zero-order valence-corrected chi connectivity index (χ0v) is 15.9. The van der Waals surface area contributed by atoms with Crippen LogP contribution in [-0.2, 0) is 13.1 Å². The number of halogens is 2. The van der Waals surface area contributed by atoms with Crippen LogP contribution >= 0.6 is 11.3 Å². The standard InChI is InChI=1S/C19H16F2N6OS/c20-12-3-4-14(16(21)8-12)19(28)22-5-6-27-18-15(10-26-27)17(24-11-25-18)23-9-13-2-1-7-29-13/h1-4,7-8,10-11H,5-6,9H2,(H,22,28)(H,23,24,25). The van der Waals surface area contributed by atoms with Crippen molar-refractivity contribution in [1.82, 2.24) is 25.1 Å². The van der Waals surface area contributed by atoms with E-state index in [9.17, 15) is 13.6 Å². The number of aromatic nitrogens is 4. The highest BCUT2D eigenvalue weighted by Crippen LogP contribution is 2.20. The maximum Gasteiger partial charge on any atom is 0.254 e. The molecule has 0 unspecified atom stereocenters. The first-order valence-electron chi connectivity index (χ1n) is 8.78. The van der Waals surface area contributed by atoms with Gasteiger partial charge in [-0.1, -0.05) is 6.07 Å². The van der Waals surface area contributed by atoms with E-state index in [1.165, 1.54) is 11.2 Å². The van der Waals surface area contributed by atoms with Crippen LogP contribution in [0.25, 0.3) is 11.0 Å². The molecule has 0 saturated heterocycles. The molecule has 1 amide bonds. The van der Waals surface area contributed by atoms with Gasteiger partial charge >= 0.3 is 0 Å². The van der Waals surface area contributed by atoms with Crippen molar-refractivity contribution in [3.63, 3.8) is 0 Å². The fraction of sp³-hybridized carbons (Fsp3) is 0.158. The molecule has 0 aliphatic heterocycles. The Bertz CT molecular complexity index is 1150. The van der Waals surface area contributed by atoms with Gasteiger partial charge in [-0.25, -0.2) is 23.4 Å². The van der Waals surface area contributed by atoms with Crippen LogP contribution in [0, 0.1) is 11.6 Å². The van der Waals surface area contributed by atoms with Crippen LogP contribution in [0.4, 0.5) is 14.6 Å². The minimum absolute atomic E-state index is 0.203. The van der Waals surface area contributed by atoms with Gasteiger partial charge in [-0.3, -0.25) is 4.79 Å². The molecule has 3 aromatic heterocycles. The van der Waals surface area contributed by atoms with Crippen molar-refractivity contribution in [2.45, 2.75) is 13.1 Å². The Kier molecular flexibility index (Phi) is 5.43. The minimum Gasteiger partial charge on any atom is -0.364 e. The lowest BCUT2D eigenvalue weighted by Gasteiger charge is -2.08. The average molecular weight is 414 g/mol. The molecule has 29 heavy (non-hydrogen) atoms. The molecule has 0 spiro atoms. The van der Waals surface area contributed by atoms with E-state index in [1.807, 2.05) is 17.5 Å². The van der Waals surface area contributed by atoms with Crippen molar-refractivity contribution in [2.24, 2.45) is 0 Å². The summed E-state index contributed by atoms with van der Waals surface area (Å²) in [5, 5.41) is 13.0. The summed E-state index contributed by atoms with van der Waals surface area (Å²) in [5.74, 6) is -1.58. The van der Waals surface area contributed by atoms with E-state index in [1.54, 1.807) is 22.2 Å². The van der Waals surface area contributed by atoms with Crippen molar-refractivity contribution < 1.29 is 13.6 Å². The summed E-state index contributed by atoms with van der Waals surface area (Å²) in [5.41, 5.74) is 0.412. The van der Waals surface area contributed by atoms with E-state index < -0.39 is 17.5 Å². The van der Waals surface area contributed by atoms with Gasteiger partial charge in [0.2, 0.25) is 0 Å². The Labute approximate surface area is 168 Å².